The molecular formula is C25H21N5O3. The molecule has 8 heteroatoms. The molecule has 0 saturated heterocycles. The summed E-state index contributed by atoms with van der Waals surface area (Å²) in [5.41, 5.74) is 4.36. The number of hydrogen-bond acceptors (Lipinski definition) is 6. The third-order valence-corrected chi connectivity index (χ3v) is 5.56. The summed E-state index contributed by atoms with van der Waals surface area (Å²) in [6.45, 7) is 6.38. The van der Waals surface area contributed by atoms with E-state index in [1.54, 1.807) is 17.3 Å². The van der Waals surface area contributed by atoms with Gasteiger partial charge in [-0.3, -0.25) is 9.59 Å². The number of H-pyrrole nitrogens is 1. The van der Waals surface area contributed by atoms with Gasteiger partial charge < -0.3 is 19.9 Å². The quantitative estimate of drug-likeness (QED) is 0.467. The lowest BCUT2D eigenvalue weighted by Gasteiger charge is -2.29. The summed E-state index contributed by atoms with van der Waals surface area (Å²) in [4.78, 5) is 37.9. The number of pyridine rings is 1. The van der Waals surface area contributed by atoms with Crippen molar-refractivity contribution in [2.45, 2.75) is 6.92 Å². The molecule has 1 aliphatic heterocycles. The molecule has 2 aromatic heterocycles. The summed E-state index contributed by atoms with van der Waals surface area (Å²) in [6, 6.07) is 13.0. The van der Waals surface area contributed by atoms with Crippen LogP contribution in [0.25, 0.3) is 22.0 Å². The van der Waals surface area contributed by atoms with Crippen molar-refractivity contribution in [3.63, 3.8) is 0 Å². The summed E-state index contributed by atoms with van der Waals surface area (Å²) in [5, 5.41) is 4.01. The Balaban J connectivity index is 1.45. The number of anilines is 3. The van der Waals surface area contributed by atoms with E-state index in [1.807, 2.05) is 49.4 Å². The molecule has 2 N–H and O–H groups in total. The van der Waals surface area contributed by atoms with Crippen LogP contribution in [0.15, 0.2) is 72.3 Å². The number of fused-ring (bicyclic) bond motifs is 2. The molecule has 0 radical (unpaired) electrons. The number of aryl methyl sites for hydroxylation is 1. The number of rotatable bonds is 4. The third-order valence-electron chi connectivity index (χ3n) is 5.56. The molecule has 0 unspecified atom stereocenters. The first-order chi connectivity index (χ1) is 16.0. The molecule has 0 bridgehead atoms. The van der Waals surface area contributed by atoms with E-state index in [0.29, 0.717) is 36.1 Å². The zero-order valence-corrected chi connectivity index (χ0v) is 18.0. The Morgan fingerprint density at radius 3 is 2.94 bits per heavy atom. The van der Waals surface area contributed by atoms with Crippen LogP contribution in [0.4, 0.5) is 17.3 Å². The van der Waals surface area contributed by atoms with Gasteiger partial charge in [0.2, 0.25) is 5.95 Å². The lowest BCUT2D eigenvalue weighted by atomic mass is 10.0. The fourth-order valence-corrected chi connectivity index (χ4v) is 3.95. The molecule has 33 heavy (non-hydrogen) atoms. The van der Waals surface area contributed by atoms with Gasteiger partial charge in [-0.05, 0) is 60.5 Å². The second kappa shape index (κ2) is 8.23. The van der Waals surface area contributed by atoms with E-state index in [-0.39, 0.29) is 11.5 Å². The van der Waals surface area contributed by atoms with Gasteiger partial charge in [0.05, 0.1) is 17.7 Å². The van der Waals surface area contributed by atoms with Crippen LogP contribution in [0.5, 0.6) is 5.75 Å². The molecule has 3 heterocycles. The lowest BCUT2D eigenvalue weighted by Crippen LogP contribution is -2.36. The standard InChI is InChI=1S/C25H21N5O3/c1-3-22(31)30-10-11-33-21-7-5-18(13-20(21)30)28-25-27-14-17-12-16(4-6-19(17)29-25)23-15(2)8-9-26-24(23)32/h3-9,12-14H,1,10-11H2,2H3,(H,26,32)(H,27,28,29). The van der Waals surface area contributed by atoms with Crippen LogP contribution in [0.1, 0.15) is 5.56 Å². The second-order valence-corrected chi connectivity index (χ2v) is 7.68. The maximum atomic E-state index is 12.3. The summed E-state index contributed by atoms with van der Waals surface area (Å²) in [6.07, 6.45) is 4.65. The van der Waals surface area contributed by atoms with Crippen molar-refractivity contribution in [1.29, 1.82) is 0 Å². The minimum atomic E-state index is -0.179. The number of nitrogens with one attached hydrogen (secondary N) is 2. The number of aromatic nitrogens is 3. The zero-order chi connectivity index (χ0) is 22.9. The molecule has 8 nitrogen and oxygen atoms in total. The number of aromatic amines is 1. The maximum Gasteiger partial charge on any atom is 0.256 e. The Morgan fingerprint density at radius 2 is 2.12 bits per heavy atom. The van der Waals surface area contributed by atoms with Crippen LogP contribution in [-0.4, -0.2) is 34.0 Å². The molecule has 4 aromatic rings. The molecule has 1 aliphatic rings. The first kappa shape index (κ1) is 20.4. The van der Waals surface area contributed by atoms with Crippen LogP contribution in [0, 0.1) is 6.92 Å². The Morgan fingerprint density at radius 1 is 1.24 bits per heavy atom. The number of hydrogen-bond donors (Lipinski definition) is 2. The van der Waals surface area contributed by atoms with Gasteiger partial charge in [-0.1, -0.05) is 12.6 Å². The highest BCUT2D eigenvalue weighted by molar-refractivity contribution is 6.02. The smallest absolute Gasteiger partial charge is 0.256 e. The predicted octanol–water partition coefficient (Wildman–Crippen LogP) is 3.95. The van der Waals surface area contributed by atoms with Gasteiger partial charge >= 0.3 is 0 Å². The largest absolute Gasteiger partial charge is 0.490 e. The van der Waals surface area contributed by atoms with E-state index < -0.39 is 0 Å². The Kier molecular flexibility index (Phi) is 5.10. The van der Waals surface area contributed by atoms with Crippen molar-refractivity contribution >= 4 is 34.1 Å². The highest BCUT2D eigenvalue weighted by Crippen LogP contribution is 2.35. The number of carbonyl (C=O) groups excluding carboxylic acids is 1. The van der Waals surface area contributed by atoms with Crippen molar-refractivity contribution in [3.8, 4) is 16.9 Å². The van der Waals surface area contributed by atoms with E-state index >= 15 is 0 Å². The summed E-state index contributed by atoms with van der Waals surface area (Å²) < 4.78 is 5.66. The molecule has 0 saturated carbocycles. The van der Waals surface area contributed by atoms with Gasteiger partial charge in [0.15, 0.2) is 0 Å². The lowest BCUT2D eigenvalue weighted by molar-refractivity contribution is -0.114. The Labute approximate surface area is 189 Å². The normalized spacial score (nSPS) is 12.7. The van der Waals surface area contributed by atoms with E-state index in [1.165, 1.54) is 6.08 Å². The summed E-state index contributed by atoms with van der Waals surface area (Å²) in [5.74, 6) is 0.879. The first-order valence-electron chi connectivity index (χ1n) is 10.5. The molecule has 0 spiro atoms. The van der Waals surface area contributed by atoms with Crippen molar-refractivity contribution in [1.82, 2.24) is 15.0 Å². The average molecular weight is 439 g/mol. The van der Waals surface area contributed by atoms with Crippen molar-refractivity contribution in [3.05, 3.63) is 83.4 Å². The molecule has 2 aromatic carbocycles. The number of carbonyl (C=O) groups is 1. The maximum absolute atomic E-state index is 12.3. The minimum Gasteiger partial charge on any atom is -0.490 e. The van der Waals surface area contributed by atoms with Crippen molar-refractivity contribution in [2.75, 3.05) is 23.4 Å². The van der Waals surface area contributed by atoms with Crippen molar-refractivity contribution < 1.29 is 9.53 Å². The van der Waals surface area contributed by atoms with Crippen LogP contribution >= 0.6 is 0 Å². The second-order valence-electron chi connectivity index (χ2n) is 7.68. The monoisotopic (exact) mass is 439 g/mol. The predicted molar refractivity (Wildman–Crippen MR) is 128 cm³/mol. The minimum absolute atomic E-state index is 0.131. The number of nitrogens with zero attached hydrogens (tertiary/aromatic N) is 3. The molecule has 0 fully saturated rings. The summed E-state index contributed by atoms with van der Waals surface area (Å²) in [7, 11) is 0. The molecule has 0 aliphatic carbocycles. The topological polar surface area (TPSA) is 100 Å². The number of benzene rings is 2. The highest BCUT2D eigenvalue weighted by Gasteiger charge is 2.22. The molecule has 0 atom stereocenters. The van der Waals surface area contributed by atoms with Crippen LogP contribution in [0.3, 0.4) is 0 Å². The van der Waals surface area contributed by atoms with Gasteiger partial charge in [0.25, 0.3) is 11.5 Å². The number of amides is 1. The van der Waals surface area contributed by atoms with E-state index in [0.717, 1.165) is 27.7 Å². The molecule has 1 amide bonds. The van der Waals surface area contributed by atoms with Crippen LogP contribution < -0.4 is 20.5 Å². The van der Waals surface area contributed by atoms with E-state index in [4.69, 9.17) is 4.74 Å². The average Bonchev–Trinajstić information content (AvgIpc) is 2.83. The Bertz CT molecular complexity index is 1460. The van der Waals surface area contributed by atoms with E-state index in [9.17, 15) is 9.59 Å². The van der Waals surface area contributed by atoms with Crippen LogP contribution in [0.2, 0.25) is 0 Å². The molecular weight excluding hydrogens is 418 g/mol. The first-order valence-corrected chi connectivity index (χ1v) is 10.5. The number of ether oxygens (including phenoxy) is 1. The van der Waals surface area contributed by atoms with Gasteiger partial charge in [-0.25, -0.2) is 9.97 Å². The van der Waals surface area contributed by atoms with Gasteiger partial charge in [-0.2, -0.15) is 0 Å². The fraction of sp³-hybridized carbons (Fsp3) is 0.120. The molecule has 164 valence electrons. The third kappa shape index (κ3) is 3.82. The highest BCUT2D eigenvalue weighted by atomic mass is 16.5. The van der Waals surface area contributed by atoms with Gasteiger partial charge in [-0.15, -0.1) is 0 Å². The van der Waals surface area contributed by atoms with Crippen molar-refractivity contribution in [2.24, 2.45) is 0 Å². The summed E-state index contributed by atoms with van der Waals surface area (Å²) >= 11 is 0. The molecule has 5 rings (SSSR count). The Hall–Kier alpha value is -4.46. The fourth-order valence-electron chi connectivity index (χ4n) is 3.95. The van der Waals surface area contributed by atoms with Crippen LogP contribution in [-0.2, 0) is 4.79 Å². The zero-order valence-electron chi connectivity index (χ0n) is 18.0. The van der Waals surface area contributed by atoms with Gasteiger partial charge in [0.1, 0.15) is 12.4 Å². The van der Waals surface area contributed by atoms with E-state index in [2.05, 4.69) is 26.8 Å². The van der Waals surface area contributed by atoms with Gasteiger partial charge in [0, 0.05) is 29.0 Å². The SMILES string of the molecule is C=CC(=O)N1CCOc2ccc(Nc3ncc4cc(-c5c(C)cc[nH]c5=O)ccc4n3)cc21.